The summed E-state index contributed by atoms with van der Waals surface area (Å²) in [5.41, 5.74) is 1.20. The van der Waals surface area contributed by atoms with Gasteiger partial charge in [-0.05, 0) is 6.92 Å². The van der Waals surface area contributed by atoms with Crippen molar-refractivity contribution in [1.29, 1.82) is 5.41 Å². The van der Waals surface area contributed by atoms with Crippen molar-refractivity contribution in [3.8, 4) is 0 Å². The van der Waals surface area contributed by atoms with Gasteiger partial charge in [-0.1, -0.05) is 34.7 Å². The highest BCUT2D eigenvalue weighted by atomic mass is 127. The molecule has 16 heavy (non-hydrogen) atoms. The van der Waals surface area contributed by atoms with Gasteiger partial charge in [0.2, 0.25) is 0 Å². The molecule has 0 spiro atoms. The minimum Gasteiger partial charge on any atom is -0.357 e. The topological polar surface area (TPSA) is 57.1 Å². The van der Waals surface area contributed by atoms with Crippen LogP contribution < -0.4 is 8.85 Å². The summed E-state index contributed by atoms with van der Waals surface area (Å²) in [7, 11) is 0. The highest BCUT2D eigenvalue weighted by Gasteiger charge is 2.61. The Morgan fingerprint density at radius 3 is 2.94 bits per heavy atom. The fourth-order valence-electron chi connectivity index (χ4n) is 2.53. The molecule has 2 aliphatic rings. The van der Waals surface area contributed by atoms with E-state index in [0.717, 1.165) is 12.1 Å². The molecule has 2 bridgehead atoms. The summed E-state index contributed by atoms with van der Waals surface area (Å²) in [5.74, 6) is 0. The van der Waals surface area contributed by atoms with Crippen LogP contribution in [0.25, 0.3) is 0 Å². The summed E-state index contributed by atoms with van der Waals surface area (Å²) < 4.78 is 10.1. The number of ether oxygens (including phenoxy) is 1. The van der Waals surface area contributed by atoms with Gasteiger partial charge in [0.25, 0.3) is 0 Å². The van der Waals surface area contributed by atoms with Gasteiger partial charge in [0.1, 0.15) is 5.60 Å². The number of morpholine rings is 1. The molecule has 2 saturated heterocycles. The van der Waals surface area contributed by atoms with Crippen LogP contribution >= 0.6 is 45.5 Å². The quantitative estimate of drug-likeness (QED) is 0.201. The number of rotatable bonds is 4. The van der Waals surface area contributed by atoms with Crippen molar-refractivity contribution in [3.05, 3.63) is 12.2 Å². The Hall–Kier alpha value is 0.750. The van der Waals surface area contributed by atoms with Crippen molar-refractivity contribution in [2.24, 2.45) is 0 Å². The standard InChI is InChI=1S/C10H15I2N3O/c1-5(2)8-7-9(15-12)10(16-8,4-14-7)6(13)3-11/h7-9,13-15H,1,3-4H2,2H3/t7-,8-,9-,10?/m0/s1. The van der Waals surface area contributed by atoms with Crippen molar-refractivity contribution in [2.75, 3.05) is 11.0 Å². The summed E-state index contributed by atoms with van der Waals surface area (Å²) in [5, 5.41) is 11.6. The van der Waals surface area contributed by atoms with Gasteiger partial charge >= 0.3 is 0 Å². The van der Waals surface area contributed by atoms with Gasteiger partial charge in [-0.25, -0.2) is 0 Å². The summed E-state index contributed by atoms with van der Waals surface area (Å²) in [4.78, 5) is 0. The van der Waals surface area contributed by atoms with E-state index in [0.29, 0.717) is 10.1 Å². The van der Waals surface area contributed by atoms with Crippen LogP contribution in [0.5, 0.6) is 0 Å². The molecule has 2 aliphatic heterocycles. The van der Waals surface area contributed by atoms with Gasteiger partial charge in [0.05, 0.1) is 23.9 Å². The zero-order valence-corrected chi connectivity index (χ0v) is 13.3. The van der Waals surface area contributed by atoms with Crippen LogP contribution in [0.15, 0.2) is 12.2 Å². The second kappa shape index (κ2) is 4.79. The molecule has 2 rings (SSSR count). The normalized spacial score (nSPS) is 41.3. The Balaban J connectivity index is 2.32. The van der Waals surface area contributed by atoms with Gasteiger partial charge in [-0.15, -0.1) is 0 Å². The zero-order valence-electron chi connectivity index (χ0n) is 9.02. The first-order valence-corrected chi connectivity index (χ1v) is 7.74. The van der Waals surface area contributed by atoms with Gasteiger partial charge in [-0.3, -0.25) is 3.53 Å². The van der Waals surface area contributed by atoms with Crippen LogP contribution in [0.3, 0.4) is 0 Å². The predicted octanol–water partition coefficient (Wildman–Crippen LogP) is 1.43. The van der Waals surface area contributed by atoms with E-state index in [4.69, 9.17) is 10.1 Å². The number of halogens is 2. The maximum Gasteiger partial charge on any atom is 0.137 e. The third-order valence-corrected chi connectivity index (χ3v) is 4.81. The second-order valence-electron chi connectivity index (χ2n) is 4.38. The molecule has 0 aromatic carbocycles. The van der Waals surface area contributed by atoms with Crippen molar-refractivity contribution in [3.63, 3.8) is 0 Å². The largest absolute Gasteiger partial charge is 0.357 e. The van der Waals surface area contributed by atoms with Gasteiger partial charge in [0, 0.05) is 33.8 Å². The van der Waals surface area contributed by atoms with Crippen molar-refractivity contribution in [1.82, 2.24) is 8.85 Å². The molecule has 2 fully saturated rings. The molecule has 6 heteroatoms. The highest BCUT2D eigenvalue weighted by Crippen LogP contribution is 2.40. The molecule has 0 saturated carbocycles. The fraction of sp³-hybridized carbons (Fsp3) is 0.700. The average Bonchev–Trinajstić information content (AvgIpc) is 2.80. The second-order valence-corrected chi connectivity index (χ2v) is 5.77. The van der Waals surface area contributed by atoms with E-state index in [1.165, 1.54) is 0 Å². The number of hydrogen-bond donors (Lipinski definition) is 3. The number of alkyl halides is 1. The molecule has 2 heterocycles. The molecule has 3 N–H and O–H groups in total. The summed E-state index contributed by atoms with van der Waals surface area (Å²) in [6.07, 6.45) is 0.0179. The molecule has 0 aliphatic carbocycles. The predicted molar refractivity (Wildman–Crippen MR) is 81.8 cm³/mol. The van der Waals surface area contributed by atoms with Crippen LogP contribution in [-0.4, -0.2) is 40.5 Å². The van der Waals surface area contributed by atoms with Crippen LogP contribution in [-0.2, 0) is 4.74 Å². The smallest absolute Gasteiger partial charge is 0.137 e. The van der Waals surface area contributed by atoms with Gasteiger partial charge < -0.3 is 15.5 Å². The summed E-state index contributed by atoms with van der Waals surface area (Å²) in [6, 6.07) is 0.398. The summed E-state index contributed by atoms with van der Waals surface area (Å²) in [6.45, 7) is 6.68. The van der Waals surface area contributed by atoms with E-state index in [9.17, 15) is 0 Å². The van der Waals surface area contributed by atoms with Crippen LogP contribution in [0.4, 0.5) is 0 Å². The molecular formula is C10H15I2N3O. The van der Waals surface area contributed by atoms with Crippen LogP contribution in [0.1, 0.15) is 6.92 Å². The molecule has 0 aromatic heterocycles. The van der Waals surface area contributed by atoms with E-state index in [1.54, 1.807) is 0 Å². The first-order valence-electron chi connectivity index (χ1n) is 5.13. The fourth-order valence-corrected chi connectivity index (χ4v) is 4.06. The highest BCUT2D eigenvalue weighted by molar-refractivity contribution is 14.1. The Morgan fingerprint density at radius 2 is 2.44 bits per heavy atom. The van der Waals surface area contributed by atoms with E-state index in [1.807, 2.05) is 6.92 Å². The van der Waals surface area contributed by atoms with Crippen LogP contribution in [0, 0.1) is 5.41 Å². The van der Waals surface area contributed by atoms with Crippen molar-refractivity contribution < 1.29 is 4.74 Å². The third-order valence-electron chi connectivity index (χ3n) is 3.37. The minimum absolute atomic E-state index is 0.0179. The zero-order chi connectivity index (χ0) is 11.9. The lowest BCUT2D eigenvalue weighted by atomic mass is 9.91. The maximum absolute atomic E-state index is 8.13. The molecule has 0 aromatic rings. The van der Waals surface area contributed by atoms with Crippen molar-refractivity contribution in [2.45, 2.75) is 30.7 Å². The molecule has 90 valence electrons. The van der Waals surface area contributed by atoms with Crippen LogP contribution in [0.2, 0.25) is 0 Å². The Kier molecular flexibility index (Phi) is 3.95. The van der Waals surface area contributed by atoms with E-state index in [2.05, 4.69) is 60.9 Å². The lowest BCUT2D eigenvalue weighted by Gasteiger charge is -2.32. The molecule has 4 nitrogen and oxygen atoms in total. The molecule has 0 radical (unpaired) electrons. The first kappa shape index (κ1) is 13.2. The van der Waals surface area contributed by atoms with Gasteiger partial charge in [-0.2, -0.15) is 0 Å². The molecule has 4 atom stereocenters. The lowest BCUT2D eigenvalue weighted by Crippen LogP contribution is -2.53. The first-order chi connectivity index (χ1) is 7.56. The third kappa shape index (κ3) is 1.76. The maximum atomic E-state index is 8.13. The summed E-state index contributed by atoms with van der Waals surface area (Å²) >= 11 is 4.38. The average molecular weight is 447 g/mol. The van der Waals surface area contributed by atoms with E-state index in [-0.39, 0.29) is 18.2 Å². The van der Waals surface area contributed by atoms with E-state index < -0.39 is 5.60 Å². The number of hydrogen-bond acceptors (Lipinski definition) is 4. The molecular weight excluding hydrogens is 432 g/mol. The Bertz CT molecular complexity index is 336. The number of fused-ring (bicyclic) bond motifs is 2. The monoisotopic (exact) mass is 447 g/mol. The SMILES string of the molecule is C=C(C)[C@@H]1OC2(C(=N)CI)CN[C@@H]1[C@@H]2NI. The van der Waals surface area contributed by atoms with E-state index >= 15 is 0 Å². The Morgan fingerprint density at radius 1 is 1.75 bits per heavy atom. The number of nitrogens with one attached hydrogen (secondary N) is 3. The minimum atomic E-state index is -0.476. The molecule has 0 amide bonds. The van der Waals surface area contributed by atoms with Crippen molar-refractivity contribution >= 4 is 51.2 Å². The van der Waals surface area contributed by atoms with Gasteiger partial charge in [0.15, 0.2) is 0 Å². The lowest BCUT2D eigenvalue weighted by molar-refractivity contribution is -0.00192. The molecule has 1 unspecified atom stereocenters. The Labute approximate surface area is 123 Å².